The third kappa shape index (κ3) is 61.5. The minimum absolute atomic E-state index is 0.0836. The van der Waals surface area contributed by atoms with E-state index in [2.05, 4.69) is 72.8 Å². The zero-order chi connectivity index (χ0) is 65.9. The van der Waals surface area contributed by atoms with Gasteiger partial charge in [-0.05, 0) is 69.1 Å². The summed E-state index contributed by atoms with van der Waals surface area (Å²) in [5.41, 5.74) is 0. The number of unbranched alkanes of at least 4 members (excludes halogenated alkanes) is 29. The summed E-state index contributed by atoms with van der Waals surface area (Å²) in [6, 6.07) is 0. The van der Waals surface area contributed by atoms with Gasteiger partial charge in [0, 0.05) is 25.7 Å². The molecule has 0 aliphatic rings. The maximum atomic E-state index is 13.0. The molecule has 89 heavy (non-hydrogen) atoms. The number of aliphatic hydroxyl groups excluding tert-OH is 1. The Morgan fingerprint density at radius 2 is 0.663 bits per heavy atom. The SMILES string of the molecule is CCCCCC/C=C\C=C/CCCCCCCC(=O)O[C@H](COC(=O)CCCCCCCCCC(C)C)COP(=O)(O)OCC(O)COP(=O)(O)OC[C@@H](COC(=O)CCCCCCCCCCC(C)CC)OC(=O)CCCCCCCCCCC(C)CC. The van der Waals surface area contributed by atoms with E-state index in [1.807, 2.05) is 0 Å². The smallest absolute Gasteiger partial charge is 0.462 e. The van der Waals surface area contributed by atoms with Gasteiger partial charge in [0.25, 0.3) is 0 Å². The van der Waals surface area contributed by atoms with Gasteiger partial charge in [0.1, 0.15) is 19.3 Å². The van der Waals surface area contributed by atoms with Crippen molar-refractivity contribution in [3.8, 4) is 0 Å². The van der Waals surface area contributed by atoms with E-state index in [1.54, 1.807) is 0 Å². The second-order valence-electron chi connectivity index (χ2n) is 25.5. The van der Waals surface area contributed by atoms with Crippen LogP contribution in [-0.2, 0) is 65.4 Å². The van der Waals surface area contributed by atoms with Crippen LogP contribution in [0.1, 0.15) is 325 Å². The molecule has 0 spiro atoms. The van der Waals surface area contributed by atoms with Crippen LogP contribution in [0.3, 0.4) is 0 Å². The summed E-state index contributed by atoms with van der Waals surface area (Å²) < 4.78 is 68.2. The van der Waals surface area contributed by atoms with Crippen LogP contribution < -0.4 is 0 Å². The van der Waals surface area contributed by atoms with Gasteiger partial charge in [0.15, 0.2) is 12.2 Å². The number of aliphatic hydroxyl groups is 1. The van der Waals surface area contributed by atoms with E-state index >= 15 is 0 Å². The van der Waals surface area contributed by atoms with Crippen molar-refractivity contribution in [1.82, 2.24) is 0 Å². The number of allylic oxidation sites excluding steroid dienone is 4. The second kappa shape index (κ2) is 60.5. The number of phosphoric acid groups is 2. The molecule has 0 saturated heterocycles. The van der Waals surface area contributed by atoms with Crippen molar-refractivity contribution in [3.63, 3.8) is 0 Å². The molecule has 0 radical (unpaired) electrons. The number of carbonyl (C=O) groups excluding carboxylic acids is 4. The molecule has 7 atom stereocenters. The fourth-order valence-corrected chi connectivity index (χ4v) is 11.5. The maximum Gasteiger partial charge on any atom is 0.472 e. The predicted molar refractivity (Wildman–Crippen MR) is 358 cm³/mol. The maximum absolute atomic E-state index is 13.0. The topological polar surface area (TPSA) is 237 Å². The Balaban J connectivity index is 5.30. The molecule has 0 heterocycles. The van der Waals surface area contributed by atoms with Crippen LogP contribution in [0.15, 0.2) is 24.3 Å². The summed E-state index contributed by atoms with van der Waals surface area (Å²) in [5, 5.41) is 10.6. The van der Waals surface area contributed by atoms with Crippen molar-refractivity contribution in [3.05, 3.63) is 24.3 Å². The Morgan fingerprint density at radius 1 is 0.371 bits per heavy atom. The Kier molecular flexibility index (Phi) is 58.8. The highest BCUT2D eigenvalue weighted by atomic mass is 31.2. The average molecular weight is 1310 g/mol. The van der Waals surface area contributed by atoms with Gasteiger partial charge >= 0.3 is 39.5 Å². The number of hydrogen-bond donors (Lipinski definition) is 3. The molecule has 0 aliphatic heterocycles. The highest BCUT2D eigenvalue weighted by molar-refractivity contribution is 7.47. The summed E-state index contributed by atoms with van der Waals surface area (Å²) >= 11 is 0. The zero-order valence-corrected chi connectivity index (χ0v) is 59.2. The van der Waals surface area contributed by atoms with Crippen LogP contribution in [0.5, 0.6) is 0 Å². The Bertz CT molecular complexity index is 1850. The normalized spacial score (nSPS) is 15.0. The summed E-state index contributed by atoms with van der Waals surface area (Å²) in [6.07, 6.45) is 46.6. The molecule has 0 fully saturated rings. The largest absolute Gasteiger partial charge is 0.472 e. The molecule has 0 aromatic carbocycles. The highest BCUT2D eigenvalue weighted by Gasteiger charge is 2.30. The lowest BCUT2D eigenvalue weighted by atomic mass is 9.99. The minimum atomic E-state index is -4.96. The lowest BCUT2D eigenvalue weighted by molar-refractivity contribution is -0.161. The molecule has 19 heteroatoms. The molecule has 0 bridgehead atoms. The average Bonchev–Trinajstić information content (AvgIpc) is 3.69. The molecular formula is C70H132O17P2. The molecule has 0 aromatic heterocycles. The first kappa shape index (κ1) is 86.5. The van der Waals surface area contributed by atoms with Crippen LogP contribution in [0.2, 0.25) is 0 Å². The molecular weight excluding hydrogens is 1170 g/mol. The number of phosphoric ester groups is 2. The van der Waals surface area contributed by atoms with E-state index in [9.17, 15) is 43.2 Å². The van der Waals surface area contributed by atoms with E-state index in [4.69, 9.17) is 37.0 Å². The van der Waals surface area contributed by atoms with E-state index < -0.39 is 97.5 Å². The number of esters is 4. The van der Waals surface area contributed by atoms with Crippen LogP contribution in [-0.4, -0.2) is 96.7 Å². The predicted octanol–water partition coefficient (Wildman–Crippen LogP) is 19.4. The van der Waals surface area contributed by atoms with Crippen molar-refractivity contribution < 1.29 is 80.2 Å². The fourth-order valence-electron chi connectivity index (χ4n) is 9.94. The van der Waals surface area contributed by atoms with E-state index in [-0.39, 0.29) is 25.7 Å². The summed E-state index contributed by atoms with van der Waals surface area (Å²) in [4.78, 5) is 72.5. The van der Waals surface area contributed by atoms with E-state index in [0.717, 1.165) is 121 Å². The molecule has 3 N–H and O–H groups in total. The van der Waals surface area contributed by atoms with Crippen molar-refractivity contribution in [2.24, 2.45) is 17.8 Å². The summed E-state index contributed by atoms with van der Waals surface area (Å²) in [7, 11) is -9.91. The summed E-state index contributed by atoms with van der Waals surface area (Å²) in [5.74, 6) is 0.0856. The third-order valence-electron chi connectivity index (χ3n) is 16.2. The van der Waals surface area contributed by atoms with Gasteiger partial charge in [0.05, 0.1) is 26.4 Å². The van der Waals surface area contributed by atoms with Gasteiger partial charge in [-0.15, -0.1) is 0 Å². The molecule has 0 saturated carbocycles. The second-order valence-corrected chi connectivity index (χ2v) is 28.5. The first-order chi connectivity index (χ1) is 42.8. The molecule has 0 aliphatic carbocycles. The number of carbonyl (C=O) groups is 4. The Morgan fingerprint density at radius 3 is 1.00 bits per heavy atom. The first-order valence-corrected chi connectivity index (χ1v) is 38.7. The fraction of sp³-hybridized carbons (Fsp3) is 0.886. The lowest BCUT2D eigenvalue weighted by Crippen LogP contribution is -2.30. The van der Waals surface area contributed by atoms with Crippen LogP contribution in [0.4, 0.5) is 0 Å². The highest BCUT2D eigenvalue weighted by Crippen LogP contribution is 2.45. The quantitative estimate of drug-likeness (QED) is 0.0169. The van der Waals surface area contributed by atoms with Crippen molar-refractivity contribution in [1.29, 1.82) is 0 Å². The zero-order valence-electron chi connectivity index (χ0n) is 57.4. The monoisotopic (exact) mass is 1310 g/mol. The number of hydrogen-bond acceptors (Lipinski definition) is 15. The van der Waals surface area contributed by atoms with Gasteiger partial charge in [-0.25, -0.2) is 9.13 Å². The standard InChI is InChI=1S/C70H132O17P2/c1-8-11-12-13-14-15-16-17-18-19-20-21-31-39-46-53-69(74)86-66(58-81-68(73)52-45-38-33-26-27-34-41-48-61(4)5)60-85-89(78,79)83-56-64(71)55-82-88(76,77)84-59-65(87-70(75)54-47-40-32-25-23-29-36-43-50-63(7)10-3)57-80-67(72)51-44-37-30-24-22-28-35-42-49-62(6)9-2/h15-18,61-66,71H,8-14,19-60H2,1-7H3,(H,76,77)(H,78,79)/b16-15-,18-17-/t62?,63?,64?,65-,66-/m1/s1. The van der Waals surface area contributed by atoms with Gasteiger partial charge in [0.2, 0.25) is 0 Å². The van der Waals surface area contributed by atoms with Crippen molar-refractivity contribution in [2.45, 2.75) is 343 Å². The molecule has 524 valence electrons. The molecule has 5 unspecified atom stereocenters. The Labute approximate surface area is 542 Å². The lowest BCUT2D eigenvalue weighted by Gasteiger charge is -2.21. The van der Waals surface area contributed by atoms with Crippen LogP contribution in [0, 0.1) is 17.8 Å². The van der Waals surface area contributed by atoms with Crippen molar-refractivity contribution in [2.75, 3.05) is 39.6 Å². The van der Waals surface area contributed by atoms with E-state index in [1.165, 1.54) is 116 Å². The number of ether oxygens (including phenoxy) is 4. The van der Waals surface area contributed by atoms with E-state index in [0.29, 0.717) is 31.6 Å². The van der Waals surface area contributed by atoms with Crippen LogP contribution in [0.25, 0.3) is 0 Å². The first-order valence-electron chi connectivity index (χ1n) is 35.7. The summed E-state index contributed by atoms with van der Waals surface area (Å²) in [6.45, 7) is 11.7. The van der Waals surface area contributed by atoms with Gasteiger partial charge in [-0.3, -0.25) is 37.3 Å². The third-order valence-corrected chi connectivity index (χ3v) is 18.1. The molecule has 0 amide bonds. The van der Waals surface area contributed by atoms with Gasteiger partial charge < -0.3 is 33.8 Å². The Hall–Kier alpha value is -2.46. The van der Waals surface area contributed by atoms with Gasteiger partial charge in [-0.2, -0.15) is 0 Å². The molecule has 17 nitrogen and oxygen atoms in total. The van der Waals surface area contributed by atoms with Crippen LogP contribution >= 0.6 is 15.6 Å². The molecule has 0 aromatic rings. The minimum Gasteiger partial charge on any atom is -0.462 e. The van der Waals surface area contributed by atoms with Crippen molar-refractivity contribution >= 4 is 39.5 Å². The number of rotatable bonds is 66. The molecule has 0 rings (SSSR count). The van der Waals surface area contributed by atoms with Gasteiger partial charge in [-0.1, -0.05) is 272 Å².